The van der Waals surface area contributed by atoms with Crippen LogP contribution in [0.25, 0.3) is 0 Å². The zero-order valence-electron chi connectivity index (χ0n) is 16.1. The smallest absolute Gasteiger partial charge is 0.409 e. The summed E-state index contributed by atoms with van der Waals surface area (Å²) in [4.78, 5) is 27.5. The molecule has 27 heavy (non-hydrogen) atoms. The first kappa shape index (κ1) is 21.0. The molecular formula is C18H27N3O5S. The van der Waals surface area contributed by atoms with Crippen molar-refractivity contribution in [2.75, 3.05) is 49.9 Å². The monoisotopic (exact) mass is 397 g/mol. The molecule has 1 aliphatic heterocycles. The Kier molecular flexibility index (Phi) is 7.06. The summed E-state index contributed by atoms with van der Waals surface area (Å²) < 4.78 is 30.6. The van der Waals surface area contributed by atoms with Gasteiger partial charge in [0.25, 0.3) is 0 Å². The Morgan fingerprint density at radius 1 is 1.11 bits per heavy atom. The number of benzene rings is 1. The molecule has 1 heterocycles. The average molecular weight is 397 g/mol. The number of amides is 2. The lowest BCUT2D eigenvalue weighted by Gasteiger charge is -2.34. The van der Waals surface area contributed by atoms with Crippen LogP contribution >= 0.6 is 0 Å². The van der Waals surface area contributed by atoms with Crippen molar-refractivity contribution in [1.82, 2.24) is 9.80 Å². The van der Waals surface area contributed by atoms with Crippen LogP contribution in [0.5, 0.6) is 0 Å². The van der Waals surface area contributed by atoms with Crippen LogP contribution in [0.4, 0.5) is 10.5 Å². The van der Waals surface area contributed by atoms with Crippen LogP contribution in [-0.4, -0.2) is 75.8 Å². The highest BCUT2D eigenvalue weighted by molar-refractivity contribution is 7.92. The third kappa shape index (κ3) is 5.59. The number of nitrogens with zero attached hydrogens (tertiary/aromatic N) is 3. The summed E-state index contributed by atoms with van der Waals surface area (Å²) in [6, 6.07) is 7.19. The molecule has 2 amide bonds. The van der Waals surface area contributed by atoms with Crippen molar-refractivity contribution in [3.63, 3.8) is 0 Å². The number of anilines is 1. The van der Waals surface area contributed by atoms with E-state index in [9.17, 15) is 18.0 Å². The fraction of sp³-hybridized carbons (Fsp3) is 0.556. The Labute approximate surface area is 160 Å². The van der Waals surface area contributed by atoms with E-state index < -0.39 is 10.0 Å². The zero-order chi connectivity index (χ0) is 20.0. The fourth-order valence-corrected chi connectivity index (χ4v) is 4.00. The second kappa shape index (κ2) is 9.07. The van der Waals surface area contributed by atoms with Crippen molar-refractivity contribution < 1.29 is 22.7 Å². The summed E-state index contributed by atoms with van der Waals surface area (Å²) in [5.74, 6) is -0.124. The van der Waals surface area contributed by atoms with Crippen LogP contribution in [0.2, 0.25) is 0 Å². The molecule has 9 heteroatoms. The second-order valence-corrected chi connectivity index (χ2v) is 8.35. The van der Waals surface area contributed by atoms with Gasteiger partial charge in [0.1, 0.15) is 0 Å². The minimum Gasteiger partial charge on any atom is -0.450 e. The molecule has 2 rings (SSSR count). The first-order chi connectivity index (χ1) is 12.7. The van der Waals surface area contributed by atoms with E-state index in [4.69, 9.17) is 4.74 Å². The third-order valence-electron chi connectivity index (χ3n) is 4.47. The molecule has 1 aromatic rings. The van der Waals surface area contributed by atoms with E-state index in [-0.39, 0.29) is 25.0 Å². The van der Waals surface area contributed by atoms with Crippen molar-refractivity contribution in [3.05, 3.63) is 29.8 Å². The van der Waals surface area contributed by atoms with Crippen LogP contribution in [0, 0.1) is 6.92 Å². The molecule has 0 N–H and O–H groups in total. The Morgan fingerprint density at radius 3 is 2.26 bits per heavy atom. The van der Waals surface area contributed by atoms with Gasteiger partial charge in [-0.1, -0.05) is 18.2 Å². The summed E-state index contributed by atoms with van der Waals surface area (Å²) in [6.07, 6.45) is 0.857. The molecule has 0 bridgehead atoms. The Hall–Kier alpha value is -2.29. The van der Waals surface area contributed by atoms with Gasteiger partial charge in [0.15, 0.2) is 0 Å². The summed E-state index contributed by atoms with van der Waals surface area (Å²) in [5.41, 5.74) is 1.42. The van der Waals surface area contributed by atoms with Gasteiger partial charge in [-0.25, -0.2) is 13.2 Å². The molecule has 0 unspecified atom stereocenters. The van der Waals surface area contributed by atoms with Crippen molar-refractivity contribution in [2.24, 2.45) is 0 Å². The highest BCUT2D eigenvalue weighted by Crippen LogP contribution is 2.22. The number of aryl methyl sites for hydroxylation is 1. The van der Waals surface area contributed by atoms with Crippen LogP contribution < -0.4 is 4.31 Å². The van der Waals surface area contributed by atoms with Crippen molar-refractivity contribution in [2.45, 2.75) is 20.3 Å². The summed E-state index contributed by atoms with van der Waals surface area (Å²) >= 11 is 0. The van der Waals surface area contributed by atoms with E-state index in [1.165, 1.54) is 4.31 Å². The number of carbonyl (C=O) groups is 2. The van der Waals surface area contributed by atoms with Gasteiger partial charge in [0, 0.05) is 39.1 Å². The minimum atomic E-state index is -3.50. The minimum absolute atomic E-state index is 0.0839. The lowest BCUT2D eigenvalue weighted by molar-refractivity contribution is -0.132. The Balaban J connectivity index is 1.95. The maximum atomic E-state index is 12.5. The molecule has 1 saturated heterocycles. The molecular weight excluding hydrogens is 370 g/mol. The van der Waals surface area contributed by atoms with Crippen LogP contribution in [-0.2, 0) is 19.6 Å². The molecule has 0 aliphatic carbocycles. The van der Waals surface area contributed by atoms with Gasteiger partial charge in [-0.15, -0.1) is 0 Å². The maximum absolute atomic E-state index is 12.5. The molecule has 1 aliphatic rings. The van der Waals surface area contributed by atoms with E-state index in [1.807, 2.05) is 19.1 Å². The standard InChI is InChI=1S/C18H27N3O5S/c1-4-26-18(23)20-13-11-19(12-14-20)17(22)9-10-21(27(3,24)25)16-8-6-5-7-15(16)2/h5-8H,4,9-14H2,1-3H3. The quantitative estimate of drug-likeness (QED) is 0.725. The largest absolute Gasteiger partial charge is 0.450 e. The summed E-state index contributed by atoms with van der Waals surface area (Å²) in [7, 11) is -3.50. The number of hydrogen-bond donors (Lipinski definition) is 0. The van der Waals surface area contributed by atoms with E-state index in [0.717, 1.165) is 11.8 Å². The van der Waals surface area contributed by atoms with Crippen LogP contribution in [0.3, 0.4) is 0 Å². The van der Waals surface area contributed by atoms with Gasteiger partial charge in [-0.3, -0.25) is 9.10 Å². The maximum Gasteiger partial charge on any atom is 0.409 e. The molecule has 0 aromatic heterocycles. The van der Waals surface area contributed by atoms with Crippen molar-refractivity contribution in [1.29, 1.82) is 0 Å². The number of carbonyl (C=O) groups excluding carboxylic acids is 2. The van der Waals surface area contributed by atoms with E-state index in [1.54, 1.807) is 28.9 Å². The van der Waals surface area contributed by atoms with Gasteiger partial charge in [-0.2, -0.15) is 0 Å². The van der Waals surface area contributed by atoms with Crippen molar-refractivity contribution in [3.8, 4) is 0 Å². The predicted molar refractivity (Wildman–Crippen MR) is 103 cm³/mol. The first-order valence-electron chi connectivity index (χ1n) is 8.97. The molecule has 0 spiro atoms. The predicted octanol–water partition coefficient (Wildman–Crippen LogP) is 1.45. The molecule has 0 saturated carbocycles. The van der Waals surface area contributed by atoms with E-state index >= 15 is 0 Å². The number of rotatable bonds is 6. The number of hydrogen-bond acceptors (Lipinski definition) is 5. The van der Waals surface area contributed by atoms with Gasteiger partial charge < -0.3 is 14.5 Å². The van der Waals surface area contributed by atoms with E-state index in [2.05, 4.69) is 0 Å². The topological polar surface area (TPSA) is 87.2 Å². The highest BCUT2D eigenvalue weighted by atomic mass is 32.2. The van der Waals surface area contributed by atoms with E-state index in [0.29, 0.717) is 38.5 Å². The zero-order valence-corrected chi connectivity index (χ0v) is 16.9. The fourth-order valence-electron chi connectivity index (χ4n) is 3.02. The molecule has 0 radical (unpaired) electrons. The molecule has 1 aromatic carbocycles. The van der Waals surface area contributed by atoms with Crippen LogP contribution in [0.1, 0.15) is 18.9 Å². The Morgan fingerprint density at radius 2 is 1.70 bits per heavy atom. The van der Waals surface area contributed by atoms with Crippen LogP contribution in [0.15, 0.2) is 24.3 Å². The molecule has 150 valence electrons. The number of ether oxygens (including phenoxy) is 1. The summed E-state index contributed by atoms with van der Waals surface area (Å²) in [5, 5.41) is 0. The van der Waals surface area contributed by atoms with Gasteiger partial charge >= 0.3 is 6.09 Å². The molecule has 0 atom stereocenters. The first-order valence-corrected chi connectivity index (χ1v) is 10.8. The van der Waals surface area contributed by atoms with Crippen molar-refractivity contribution >= 4 is 27.7 Å². The van der Waals surface area contributed by atoms with Gasteiger partial charge in [0.05, 0.1) is 18.6 Å². The number of piperazine rings is 1. The highest BCUT2D eigenvalue weighted by Gasteiger charge is 2.26. The second-order valence-electron chi connectivity index (χ2n) is 6.44. The number of para-hydroxylation sites is 1. The normalized spacial score (nSPS) is 14.8. The van der Waals surface area contributed by atoms with Gasteiger partial charge in [0.2, 0.25) is 15.9 Å². The molecule has 1 fully saturated rings. The SMILES string of the molecule is CCOC(=O)N1CCN(C(=O)CCN(c2ccccc2C)S(C)(=O)=O)CC1. The summed E-state index contributed by atoms with van der Waals surface area (Å²) in [6.45, 7) is 5.65. The lowest BCUT2D eigenvalue weighted by atomic mass is 10.2. The third-order valence-corrected chi connectivity index (χ3v) is 5.65. The lowest BCUT2D eigenvalue weighted by Crippen LogP contribution is -2.51. The average Bonchev–Trinajstić information content (AvgIpc) is 2.62. The Bertz CT molecular complexity index is 773. The van der Waals surface area contributed by atoms with Gasteiger partial charge in [-0.05, 0) is 25.5 Å². The number of sulfonamides is 1. The molecule has 8 nitrogen and oxygen atoms in total.